The molecule has 0 radical (unpaired) electrons. The predicted molar refractivity (Wildman–Crippen MR) is 109 cm³/mol. The summed E-state index contributed by atoms with van der Waals surface area (Å²) < 4.78 is 5.53. The standard InChI is InChI=1S/C22H20N2O3S/c1-27-21(15-8-3-2-4-9-15)22(26)24-18(16-10-5-6-11-19(16)25)14-17(23-24)20-12-7-13-28-20/h2-13,18,21,25H,14H2,1H3. The Morgan fingerprint density at radius 3 is 2.57 bits per heavy atom. The summed E-state index contributed by atoms with van der Waals surface area (Å²) in [6, 6.07) is 20.0. The van der Waals surface area contributed by atoms with E-state index in [9.17, 15) is 9.90 Å². The van der Waals surface area contributed by atoms with E-state index in [0.29, 0.717) is 12.0 Å². The summed E-state index contributed by atoms with van der Waals surface area (Å²) in [5.41, 5.74) is 2.28. The number of hydrogen-bond donors (Lipinski definition) is 1. The van der Waals surface area contributed by atoms with Crippen LogP contribution in [0.25, 0.3) is 0 Å². The lowest BCUT2D eigenvalue weighted by atomic mass is 9.99. The molecule has 0 fully saturated rings. The fourth-order valence-electron chi connectivity index (χ4n) is 3.44. The number of phenols is 1. The van der Waals surface area contributed by atoms with Gasteiger partial charge in [-0.3, -0.25) is 4.79 Å². The van der Waals surface area contributed by atoms with Gasteiger partial charge in [-0.2, -0.15) is 5.10 Å². The lowest BCUT2D eigenvalue weighted by Gasteiger charge is -2.26. The number of carbonyl (C=O) groups excluding carboxylic acids is 1. The fraction of sp³-hybridized carbons (Fsp3) is 0.182. The maximum absolute atomic E-state index is 13.4. The SMILES string of the molecule is COC(C(=O)N1N=C(c2cccs2)CC1c1ccccc1O)c1ccccc1. The van der Waals surface area contributed by atoms with E-state index in [0.717, 1.165) is 16.2 Å². The average Bonchev–Trinajstić information content (AvgIpc) is 3.40. The van der Waals surface area contributed by atoms with Crippen molar-refractivity contribution < 1.29 is 14.6 Å². The van der Waals surface area contributed by atoms with Crippen molar-refractivity contribution in [2.24, 2.45) is 5.10 Å². The summed E-state index contributed by atoms with van der Waals surface area (Å²) in [5, 5.41) is 18.5. The van der Waals surface area contributed by atoms with Crippen molar-refractivity contribution in [3.8, 4) is 5.75 Å². The van der Waals surface area contributed by atoms with Crippen molar-refractivity contribution in [3.05, 3.63) is 88.1 Å². The van der Waals surface area contributed by atoms with Crippen molar-refractivity contribution in [1.29, 1.82) is 0 Å². The van der Waals surface area contributed by atoms with Gasteiger partial charge in [-0.1, -0.05) is 54.6 Å². The lowest BCUT2D eigenvalue weighted by Crippen LogP contribution is -2.32. The molecule has 1 aliphatic heterocycles. The number of para-hydroxylation sites is 1. The Hall–Kier alpha value is -2.96. The number of ether oxygens (including phenoxy) is 1. The highest BCUT2D eigenvalue weighted by molar-refractivity contribution is 7.12. The molecule has 28 heavy (non-hydrogen) atoms. The van der Waals surface area contributed by atoms with Gasteiger partial charge in [0.2, 0.25) is 0 Å². The number of carbonyl (C=O) groups is 1. The van der Waals surface area contributed by atoms with Gasteiger partial charge in [-0.05, 0) is 23.1 Å². The van der Waals surface area contributed by atoms with Gasteiger partial charge in [-0.15, -0.1) is 11.3 Å². The molecule has 142 valence electrons. The third kappa shape index (κ3) is 3.44. The maximum Gasteiger partial charge on any atom is 0.276 e. The first-order valence-electron chi connectivity index (χ1n) is 8.99. The molecule has 5 nitrogen and oxygen atoms in total. The van der Waals surface area contributed by atoms with Crippen LogP contribution in [0.15, 0.2) is 77.2 Å². The second kappa shape index (κ2) is 7.96. The number of aromatic hydroxyl groups is 1. The van der Waals surface area contributed by atoms with E-state index < -0.39 is 6.10 Å². The molecule has 0 bridgehead atoms. The third-order valence-corrected chi connectivity index (χ3v) is 5.72. The Kier molecular flexibility index (Phi) is 5.23. The minimum atomic E-state index is -0.763. The minimum absolute atomic E-state index is 0.154. The summed E-state index contributed by atoms with van der Waals surface area (Å²) >= 11 is 1.58. The Morgan fingerprint density at radius 1 is 1.14 bits per heavy atom. The number of phenolic OH excluding ortho intramolecular Hbond substituents is 1. The Labute approximate surface area is 167 Å². The molecule has 4 rings (SSSR count). The van der Waals surface area contributed by atoms with Gasteiger partial charge in [0.15, 0.2) is 6.10 Å². The molecule has 1 aromatic heterocycles. The van der Waals surface area contributed by atoms with Crippen LogP contribution in [-0.2, 0) is 9.53 Å². The summed E-state index contributed by atoms with van der Waals surface area (Å²) in [5.74, 6) is -0.102. The molecule has 1 aliphatic rings. The van der Waals surface area contributed by atoms with Gasteiger partial charge >= 0.3 is 0 Å². The van der Waals surface area contributed by atoms with Gasteiger partial charge in [0.25, 0.3) is 5.91 Å². The molecule has 2 heterocycles. The highest BCUT2D eigenvalue weighted by Gasteiger charge is 2.38. The zero-order valence-electron chi connectivity index (χ0n) is 15.4. The average molecular weight is 392 g/mol. The summed E-state index contributed by atoms with van der Waals surface area (Å²) in [6.45, 7) is 0. The monoisotopic (exact) mass is 392 g/mol. The number of hydrogen-bond acceptors (Lipinski definition) is 5. The van der Waals surface area contributed by atoms with E-state index in [1.165, 1.54) is 12.1 Å². The van der Waals surface area contributed by atoms with E-state index in [4.69, 9.17) is 4.74 Å². The van der Waals surface area contributed by atoms with Crippen molar-refractivity contribution in [2.45, 2.75) is 18.6 Å². The Bertz CT molecular complexity index is 986. The first kappa shape index (κ1) is 18.4. The van der Waals surface area contributed by atoms with Gasteiger partial charge in [-0.25, -0.2) is 5.01 Å². The molecular weight excluding hydrogens is 372 g/mol. The molecular formula is C22H20N2O3S. The van der Waals surface area contributed by atoms with Gasteiger partial charge < -0.3 is 9.84 Å². The normalized spacial score (nSPS) is 17.4. The molecule has 1 N–H and O–H groups in total. The van der Waals surface area contributed by atoms with Crippen LogP contribution in [0.3, 0.4) is 0 Å². The zero-order chi connectivity index (χ0) is 19.5. The zero-order valence-corrected chi connectivity index (χ0v) is 16.2. The summed E-state index contributed by atoms with van der Waals surface area (Å²) in [4.78, 5) is 14.4. The van der Waals surface area contributed by atoms with E-state index >= 15 is 0 Å². The highest BCUT2D eigenvalue weighted by Crippen LogP contribution is 2.39. The molecule has 0 saturated carbocycles. The maximum atomic E-state index is 13.4. The van der Waals surface area contributed by atoms with E-state index in [2.05, 4.69) is 5.10 Å². The largest absolute Gasteiger partial charge is 0.508 e. The van der Waals surface area contributed by atoms with Crippen LogP contribution in [0.1, 0.15) is 34.6 Å². The van der Waals surface area contributed by atoms with Gasteiger partial charge in [0, 0.05) is 19.1 Å². The molecule has 1 amide bonds. The molecule has 2 atom stereocenters. The van der Waals surface area contributed by atoms with Crippen molar-refractivity contribution in [1.82, 2.24) is 5.01 Å². The smallest absolute Gasteiger partial charge is 0.276 e. The van der Waals surface area contributed by atoms with E-state index in [1.807, 2.05) is 60.0 Å². The Morgan fingerprint density at radius 2 is 1.89 bits per heavy atom. The number of methoxy groups -OCH3 is 1. The third-order valence-electron chi connectivity index (χ3n) is 4.80. The van der Waals surface area contributed by atoms with Crippen LogP contribution >= 0.6 is 11.3 Å². The molecule has 2 unspecified atom stereocenters. The highest BCUT2D eigenvalue weighted by atomic mass is 32.1. The lowest BCUT2D eigenvalue weighted by molar-refractivity contribution is -0.144. The molecule has 0 spiro atoms. The number of nitrogens with zero attached hydrogens (tertiary/aromatic N) is 2. The minimum Gasteiger partial charge on any atom is -0.508 e. The fourth-order valence-corrected chi connectivity index (χ4v) is 4.17. The van der Waals surface area contributed by atoms with Gasteiger partial charge in [0.05, 0.1) is 16.6 Å². The predicted octanol–water partition coefficient (Wildman–Crippen LogP) is 4.52. The first-order chi connectivity index (χ1) is 13.7. The second-order valence-electron chi connectivity index (χ2n) is 6.51. The molecule has 0 aliphatic carbocycles. The second-order valence-corrected chi connectivity index (χ2v) is 7.46. The molecule has 0 saturated heterocycles. The van der Waals surface area contributed by atoms with E-state index in [1.54, 1.807) is 23.5 Å². The van der Waals surface area contributed by atoms with E-state index in [-0.39, 0.29) is 17.7 Å². The number of benzene rings is 2. The van der Waals surface area contributed by atoms with Crippen molar-refractivity contribution >= 4 is 23.0 Å². The summed E-state index contributed by atoms with van der Waals surface area (Å²) in [6.07, 6.45) is -0.226. The van der Waals surface area contributed by atoms with Crippen LogP contribution in [0.4, 0.5) is 0 Å². The summed E-state index contributed by atoms with van der Waals surface area (Å²) in [7, 11) is 1.52. The molecule has 3 aromatic rings. The quantitative estimate of drug-likeness (QED) is 0.694. The van der Waals surface area contributed by atoms with Gasteiger partial charge in [0.1, 0.15) is 5.75 Å². The molecule has 6 heteroatoms. The van der Waals surface area contributed by atoms with Crippen LogP contribution in [-0.4, -0.2) is 28.8 Å². The Balaban J connectivity index is 1.73. The topological polar surface area (TPSA) is 62.1 Å². The van der Waals surface area contributed by atoms with Crippen molar-refractivity contribution in [3.63, 3.8) is 0 Å². The van der Waals surface area contributed by atoms with Crippen molar-refractivity contribution in [2.75, 3.05) is 7.11 Å². The number of rotatable bonds is 5. The van der Waals surface area contributed by atoms with Crippen LogP contribution in [0, 0.1) is 0 Å². The first-order valence-corrected chi connectivity index (χ1v) is 9.87. The number of amides is 1. The number of hydrazone groups is 1. The van der Waals surface area contributed by atoms with Crippen LogP contribution < -0.4 is 0 Å². The molecule has 2 aromatic carbocycles. The number of thiophene rings is 1. The van der Waals surface area contributed by atoms with Crippen LogP contribution in [0.5, 0.6) is 5.75 Å². The van der Waals surface area contributed by atoms with Crippen LogP contribution in [0.2, 0.25) is 0 Å².